The van der Waals surface area contributed by atoms with Crippen LogP contribution in [0.15, 0.2) is 59.8 Å². The van der Waals surface area contributed by atoms with E-state index in [0.29, 0.717) is 6.54 Å². The maximum Gasteiger partial charge on any atom is 0.254 e. The maximum absolute atomic E-state index is 12.2. The Morgan fingerprint density at radius 3 is 2.62 bits per heavy atom. The molecule has 1 fully saturated rings. The number of hydrazone groups is 1. The Kier molecular flexibility index (Phi) is 6.24. The van der Waals surface area contributed by atoms with Crippen LogP contribution in [0.25, 0.3) is 10.9 Å². The number of rotatable bonds is 6. The van der Waals surface area contributed by atoms with E-state index in [0.717, 1.165) is 59.8 Å². The van der Waals surface area contributed by atoms with Crippen LogP contribution in [0.1, 0.15) is 11.1 Å². The molecule has 0 unspecified atom stereocenters. The zero-order valence-electron chi connectivity index (χ0n) is 16.1. The number of aromatic amines is 1. The summed E-state index contributed by atoms with van der Waals surface area (Å²) in [6.45, 7) is 4.72. The first kappa shape index (κ1) is 19.6. The van der Waals surface area contributed by atoms with E-state index < -0.39 is 0 Å². The molecule has 0 spiro atoms. The van der Waals surface area contributed by atoms with Gasteiger partial charge in [-0.05, 0) is 17.7 Å². The molecule has 1 amide bonds. The number of carbonyl (C=O) groups is 1. The predicted octanol–water partition coefficient (Wildman–Crippen LogP) is 3.09. The van der Waals surface area contributed by atoms with Gasteiger partial charge in [-0.2, -0.15) is 5.10 Å². The van der Waals surface area contributed by atoms with Crippen LogP contribution in [-0.2, 0) is 11.3 Å². The van der Waals surface area contributed by atoms with Crippen LogP contribution >= 0.6 is 11.6 Å². The van der Waals surface area contributed by atoms with Crippen molar-refractivity contribution in [3.63, 3.8) is 0 Å². The molecular formula is C22H24ClN5O. The Bertz CT molecular complexity index is 1010. The van der Waals surface area contributed by atoms with Gasteiger partial charge in [0.2, 0.25) is 0 Å². The lowest BCUT2D eigenvalue weighted by atomic mass is 10.2. The van der Waals surface area contributed by atoms with E-state index in [1.165, 1.54) is 0 Å². The molecule has 2 N–H and O–H groups in total. The number of H-pyrrole nitrogens is 1. The second-order valence-corrected chi connectivity index (χ2v) is 7.63. The molecule has 29 heavy (non-hydrogen) atoms. The fourth-order valence-electron chi connectivity index (χ4n) is 3.59. The van der Waals surface area contributed by atoms with E-state index in [9.17, 15) is 4.79 Å². The molecule has 1 aliphatic rings. The Morgan fingerprint density at radius 2 is 1.79 bits per heavy atom. The lowest BCUT2D eigenvalue weighted by Crippen LogP contribution is -2.48. The molecule has 0 saturated carbocycles. The van der Waals surface area contributed by atoms with E-state index in [2.05, 4.69) is 31.4 Å². The first-order chi connectivity index (χ1) is 14.2. The summed E-state index contributed by atoms with van der Waals surface area (Å²) in [6.07, 6.45) is 3.57. The van der Waals surface area contributed by atoms with Crippen molar-refractivity contribution in [2.75, 3.05) is 32.7 Å². The molecule has 1 aliphatic heterocycles. The normalized spacial score (nSPS) is 15.9. The minimum atomic E-state index is -0.0966. The number of para-hydroxylation sites is 1. The fourth-order valence-corrected chi connectivity index (χ4v) is 3.78. The summed E-state index contributed by atoms with van der Waals surface area (Å²) in [4.78, 5) is 19.9. The highest BCUT2D eigenvalue weighted by molar-refractivity contribution is 6.31. The Morgan fingerprint density at radius 1 is 1.07 bits per heavy atom. The number of nitrogens with one attached hydrogen (secondary N) is 2. The first-order valence-corrected chi connectivity index (χ1v) is 10.1. The van der Waals surface area contributed by atoms with Gasteiger partial charge in [0.1, 0.15) is 0 Å². The number of nitrogens with zero attached hydrogens (tertiary/aromatic N) is 3. The summed E-state index contributed by atoms with van der Waals surface area (Å²) in [5.74, 6) is -0.0966. The molecule has 7 heteroatoms. The number of aromatic nitrogens is 1. The molecular weight excluding hydrogens is 386 g/mol. The maximum atomic E-state index is 12.2. The molecule has 6 nitrogen and oxygen atoms in total. The highest BCUT2D eigenvalue weighted by Gasteiger charge is 2.19. The number of hydrogen-bond acceptors (Lipinski definition) is 4. The average molecular weight is 410 g/mol. The Balaban J connectivity index is 1.22. The first-order valence-electron chi connectivity index (χ1n) is 9.75. The molecule has 2 heterocycles. The number of carbonyl (C=O) groups excluding carboxylic acids is 1. The molecule has 0 atom stereocenters. The van der Waals surface area contributed by atoms with Gasteiger partial charge in [-0.3, -0.25) is 14.6 Å². The standard InChI is InChI=1S/C22H24ClN5O/c23-20-7-3-1-5-17(20)15-27-9-11-28(12-10-27)16-22(29)26-25-14-18-13-24-21-8-4-2-6-19(18)21/h1-8,13-14,24H,9-12,15-16H2,(H,26,29)/b25-14-. The molecule has 150 valence electrons. The minimum Gasteiger partial charge on any atom is -0.361 e. The second-order valence-electron chi connectivity index (χ2n) is 7.23. The quantitative estimate of drug-likeness (QED) is 0.485. The third-order valence-corrected chi connectivity index (χ3v) is 5.57. The van der Waals surface area contributed by atoms with E-state index in [1.807, 2.05) is 48.7 Å². The largest absolute Gasteiger partial charge is 0.361 e. The number of amides is 1. The van der Waals surface area contributed by atoms with Gasteiger partial charge in [0.25, 0.3) is 5.91 Å². The molecule has 1 aromatic heterocycles. The van der Waals surface area contributed by atoms with Crippen molar-refractivity contribution >= 4 is 34.6 Å². The van der Waals surface area contributed by atoms with Gasteiger partial charge in [0, 0.05) is 60.4 Å². The number of piperazine rings is 1. The van der Waals surface area contributed by atoms with Crippen LogP contribution in [0, 0.1) is 0 Å². The summed E-state index contributed by atoms with van der Waals surface area (Å²) in [6, 6.07) is 15.9. The minimum absolute atomic E-state index is 0.0966. The van der Waals surface area contributed by atoms with Crippen LogP contribution in [0.4, 0.5) is 0 Å². The second kappa shape index (κ2) is 9.22. The van der Waals surface area contributed by atoms with Crippen molar-refractivity contribution in [1.82, 2.24) is 20.2 Å². The van der Waals surface area contributed by atoms with Crippen molar-refractivity contribution in [2.24, 2.45) is 5.10 Å². The van der Waals surface area contributed by atoms with Crippen LogP contribution in [0.5, 0.6) is 0 Å². The van der Waals surface area contributed by atoms with Gasteiger partial charge in [-0.25, -0.2) is 5.43 Å². The summed E-state index contributed by atoms with van der Waals surface area (Å²) in [5.41, 5.74) is 5.78. The van der Waals surface area contributed by atoms with Gasteiger partial charge >= 0.3 is 0 Å². The van der Waals surface area contributed by atoms with Gasteiger partial charge in [0.05, 0.1) is 12.8 Å². The molecule has 4 rings (SSSR count). The Labute approximate surface area is 175 Å². The van der Waals surface area contributed by atoms with Gasteiger partial charge in [0.15, 0.2) is 0 Å². The van der Waals surface area contributed by atoms with Gasteiger partial charge in [-0.1, -0.05) is 48.0 Å². The number of hydrogen-bond donors (Lipinski definition) is 2. The third-order valence-electron chi connectivity index (χ3n) is 5.20. The lowest BCUT2D eigenvalue weighted by molar-refractivity contribution is -0.122. The van der Waals surface area contributed by atoms with E-state index in [4.69, 9.17) is 11.6 Å². The van der Waals surface area contributed by atoms with E-state index in [1.54, 1.807) is 6.21 Å². The molecule has 3 aromatic rings. The van der Waals surface area contributed by atoms with Crippen LogP contribution in [0.2, 0.25) is 5.02 Å². The SMILES string of the molecule is O=C(CN1CCN(Cc2ccccc2Cl)CC1)N/N=C\c1c[nH]c2ccccc12. The lowest BCUT2D eigenvalue weighted by Gasteiger charge is -2.34. The third kappa shape index (κ3) is 5.03. The topological polar surface area (TPSA) is 63.7 Å². The molecule has 0 bridgehead atoms. The number of fused-ring (bicyclic) bond motifs is 1. The van der Waals surface area contributed by atoms with Crippen molar-refractivity contribution in [2.45, 2.75) is 6.54 Å². The monoisotopic (exact) mass is 409 g/mol. The number of halogens is 1. The van der Waals surface area contributed by atoms with E-state index in [-0.39, 0.29) is 5.91 Å². The van der Waals surface area contributed by atoms with Gasteiger partial charge < -0.3 is 4.98 Å². The zero-order valence-corrected chi connectivity index (χ0v) is 16.9. The summed E-state index contributed by atoms with van der Waals surface area (Å²) in [5, 5.41) is 6.00. The van der Waals surface area contributed by atoms with Gasteiger partial charge in [-0.15, -0.1) is 0 Å². The number of benzene rings is 2. The van der Waals surface area contributed by atoms with Crippen molar-refractivity contribution in [1.29, 1.82) is 0 Å². The smallest absolute Gasteiger partial charge is 0.254 e. The van der Waals surface area contributed by atoms with E-state index >= 15 is 0 Å². The van der Waals surface area contributed by atoms with Crippen molar-refractivity contribution in [3.8, 4) is 0 Å². The summed E-state index contributed by atoms with van der Waals surface area (Å²) in [7, 11) is 0. The average Bonchev–Trinajstić information content (AvgIpc) is 3.14. The molecule has 1 saturated heterocycles. The van der Waals surface area contributed by atoms with Crippen LogP contribution in [0.3, 0.4) is 0 Å². The van der Waals surface area contributed by atoms with Crippen LogP contribution in [-0.4, -0.2) is 59.6 Å². The van der Waals surface area contributed by atoms with Crippen molar-refractivity contribution in [3.05, 3.63) is 70.9 Å². The highest BCUT2D eigenvalue weighted by atomic mass is 35.5. The fraction of sp³-hybridized carbons (Fsp3) is 0.273. The summed E-state index contributed by atoms with van der Waals surface area (Å²) >= 11 is 6.25. The summed E-state index contributed by atoms with van der Waals surface area (Å²) < 4.78 is 0. The molecule has 0 aliphatic carbocycles. The van der Waals surface area contributed by atoms with Crippen LogP contribution < -0.4 is 5.43 Å². The van der Waals surface area contributed by atoms with Crippen molar-refractivity contribution < 1.29 is 4.79 Å². The highest BCUT2D eigenvalue weighted by Crippen LogP contribution is 2.18. The molecule has 0 radical (unpaired) electrons. The predicted molar refractivity (Wildman–Crippen MR) is 117 cm³/mol. The Hall–Kier alpha value is -2.67. The zero-order chi connectivity index (χ0) is 20.1. The molecule has 2 aromatic carbocycles.